The molecule has 0 saturated heterocycles. The van der Waals surface area contributed by atoms with Crippen LogP contribution in [-0.2, 0) is 6.61 Å². The monoisotopic (exact) mass is 293 g/mol. The van der Waals surface area contributed by atoms with Crippen molar-refractivity contribution >= 4 is 17.5 Å². The number of benzene rings is 1. The van der Waals surface area contributed by atoms with Crippen LogP contribution in [-0.4, -0.2) is 12.5 Å². The van der Waals surface area contributed by atoms with Gasteiger partial charge in [0.05, 0.1) is 5.02 Å². The summed E-state index contributed by atoms with van der Waals surface area (Å²) in [5.74, 6) is 1.25. The molecular weight excluding hydrogens is 278 g/mol. The van der Waals surface area contributed by atoms with Gasteiger partial charge in [-0.2, -0.15) is 0 Å². The zero-order chi connectivity index (χ0) is 14.5. The summed E-state index contributed by atoms with van der Waals surface area (Å²) in [7, 11) is 0. The Balaban J connectivity index is 2.03. The molecule has 5 heteroatoms. The maximum atomic E-state index is 11.6. The van der Waals surface area contributed by atoms with E-state index in [-0.39, 0.29) is 18.3 Å². The number of rotatable bonds is 5. The Morgan fingerprint density at radius 3 is 2.85 bits per heavy atom. The Kier molecular flexibility index (Phi) is 4.69. The first kappa shape index (κ1) is 14.5. The van der Waals surface area contributed by atoms with Gasteiger partial charge in [0.2, 0.25) is 0 Å². The van der Waals surface area contributed by atoms with Gasteiger partial charge < -0.3 is 14.5 Å². The molecule has 1 heterocycles. The second kappa shape index (κ2) is 6.48. The van der Waals surface area contributed by atoms with E-state index < -0.39 is 0 Å². The van der Waals surface area contributed by atoms with Crippen molar-refractivity contribution in [3.63, 3.8) is 0 Å². The van der Waals surface area contributed by atoms with Gasteiger partial charge in [-0.15, -0.1) is 0 Å². The number of amides is 1. The lowest BCUT2D eigenvalue weighted by Gasteiger charge is -2.09. The quantitative estimate of drug-likeness (QED) is 0.917. The fourth-order valence-electron chi connectivity index (χ4n) is 1.77. The van der Waals surface area contributed by atoms with Gasteiger partial charge in [-0.3, -0.25) is 4.79 Å². The minimum atomic E-state index is -0.229. The van der Waals surface area contributed by atoms with E-state index in [0.29, 0.717) is 23.1 Å². The summed E-state index contributed by atoms with van der Waals surface area (Å²) < 4.78 is 11.1. The summed E-state index contributed by atoms with van der Waals surface area (Å²) in [4.78, 5) is 11.6. The Bertz CT molecular complexity index is 587. The number of hydrogen-bond donors (Lipinski definition) is 1. The number of halogens is 1. The molecule has 0 aliphatic heterocycles. The van der Waals surface area contributed by atoms with E-state index in [1.807, 2.05) is 26.0 Å². The fourth-order valence-corrected chi connectivity index (χ4v) is 2.04. The molecule has 0 radical (unpaired) electrons. The van der Waals surface area contributed by atoms with E-state index in [2.05, 4.69) is 5.32 Å². The Morgan fingerprint density at radius 2 is 2.15 bits per heavy atom. The van der Waals surface area contributed by atoms with E-state index in [1.165, 1.54) is 0 Å². The van der Waals surface area contributed by atoms with Gasteiger partial charge in [0.25, 0.3) is 5.91 Å². The van der Waals surface area contributed by atoms with Gasteiger partial charge in [0.15, 0.2) is 5.76 Å². The number of furan rings is 1. The predicted molar refractivity (Wildman–Crippen MR) is 77.2 cm³/mol. The first-order chi connectivity index (χ1) is 9.61. The topological polar surface area (TPSA) is 51.5 Å². The van der Waals surface area contributed by atoms with E-state index >= 15 is 0 Å². The molecular formula is C15H16ClNO3. The van der Waals surface area contributed by atoms with Gasteiger partial charge in [0.1, 0.15) is 18.1 Å². The smallest absolute Gasteiger partial charge is 0.286 e. The highest BCUT2D eigenvalue weighted by Gasteiger charge is 2.11. The fraction of sp³-hybridized carbons (Fsp3) is 0.267. The lowest BCUT2D eigenvalue weighted by Crippen LogP contribution is -2.21. The summed E-state index contributed by atoms with van der Waals surface area (Å²) in [6, 6.07) is 8.90. The second-order valence-electron chi connectivity index (χ2n) is 4.30. The first-order valence-electron chi connectivity index (χ1n) is 6.36. The van der Waals surface area contributed by atoms with E-state index in [4.69, 9.17) is 20.8 Å². The third-order valence-electron chi connectivity index (χ3n) is 2.75. The molecule has 2 rings (SSSR count). The molecule has 4 nitrogen and oxygen atoms in total. The minimum Gasteiger partial charge on any atom is -0.484 e. The molecule has 0 aliphatic rings. The number of aryl methyl sites for hydroxylation is 1. The molecule has 1 N–H and O–H groups in total. The van der Waals surface area contributed by atoms with Crippen LogP contribution in [0.2, 0.25) is 5.02 Å². The van der Waals surface area contributed by atoms with Crippen LogP contribution in [0.25, 0.3) is 0 Å². The second-order valence-corrected chi connectivity index (χ2v) is 4.71. The molecule has 0 atom stereocenters. The first-order valence-corrected chi connectivity index (χ1v) is 6.74. The standard InChI is InChI=1S/C15H16ClNO3/c1-3-17-15(18)13-8-7-11(20-13)9-19-14-10(2)5-4-6-12(14)16/h4-8H,3,9H2,1-2H3,(H,17,18). The van der Waals surface area contributed by atoms with Crippen molar-refractivity contribution < 1.29 is 13.9 Å². The summed E-state index contributed by atoms with van der Waals surface area (Å²) in [5, 5.41) is 3.23. The van der Waals surface area contributed by atoms with Crippen molar-refractivity contribution in [2.75, 3.05) is 6.54 Å². The molecule has 106 valence electrons. The normalized spacial score (nSPS) is 10.3. The number of carbonyl (C=O) groups is 1. The molecule has 1 aromatic carbocycles. The third kappa shape index (κ3) is 3.33. The van der Waals surface area contributed by atoms with Crippen LogP contribution >= 0.6 is 11.6 Å². The highest BCUT2D eigenvalue weighted by atomic mass is 35.5. The van der Waals surface area contributed by atoms with Crippen LogP contribution < -0.4 is 10.1 Å². The van der Waals surface area contributed by atoms with Gasteiger partial charge in [-0.1, -0.05) is 23.7 Å². The average molecular weight is 294 g/mol. The Labute approximate surface area is 122 Å². The van der Waals surface area contributed by atoms with E-state index in [1.54, 1.807) is 18.2 Å². The Hall–Kier alpha value is -1.94. The van der Waals surface area contributed by atoms with E-state index in [9.17, 15) is 4.79 Å². The van der Waals surface area contributed by atoms with Gasteiger partial charge >= 0.3 is 0 Å². The lowest BCUT2D eigenvalue weighted by molar-refractivity contribution is 0.0924. The van der Waals surface area contributed by atoms with Crippen LogP contribution in [0.4, 0.5) is 0 Å². The van der Waals surface area contributed by atoms with Crippen LogP contribution in [0, 0.1) is 6.92 Å². The van der Waals surface area contributed by atoms with E-state index in [0.717, 1.165) is 5.56 Å². The van der Waals surface area contributed by atoms with Crippen LogP contribution in [0.5, 0.6) is 5.75 Å². The van der Waals surface area contributed by atoms with Crippen molar-refractivity contribution in [1.29, 1.82) is 0 Å². The molecule has 0 spiro atoms. The highest BCUT2D eigenvalue weighted by molar-refractivity contribution is 6.32. The Morgan fingerprint density at radius 1 is 1.35 bits per heavy atom. The average Bonchev–Trinajstić information content (AvgIpc) is 2.87. The van der Waals surface area contributed by atoms with Crippen molar-refractivity contribution in [2.24, 2.45) is 0 Å². The van der Waals surface area contributed by atoms with Crippen molar-refractivity contribution in [3.05, 3.63) is 52.4 Å². The molecule has 0 bridgehead atoms. The number of hydrogen-bond acceptors (Lipinski definition) is 3. The van der Waals surface area contributed by atoms with Gasteiger partial charge in [-0.05, 0) is 37.6 Å². The molecule has 1 aromatic heterocycles. The third-order valence-corrected chi connectivity index (χ3v) is 3.04. The summed E-state index contributed by atoms with van der Waals surface area (Å²) in [5.41, 5.74) is 0.952. The van der Waals surface area contributed by atoms with Crippen LogP contribution in [0.15, 0.2) is 34.7 Å². The van der Waals surface area contributed by atoms with Crippen molar-refractivity contribution in [1.82, 2.24) is 5.32 Å². The van der Waals surface area contributed by atoms with Gasteiger partial charge in [-0.25, -0.2) is 0 Å². The number of para-hydroxylation sites is 1. The maximum Gasteiger partial charge on any atom is 0.286 e. The lowest BCUT2D eigenvalue weighted by atomic mass is 10.2. The van der Waals surface area contributed by atoms with Crippen molar-refractivity contribution in [2.45, 2.75) is 20.5 Å². The molecule has 0 fully saturated rings. The summed E-state index contributed by atoms with van der Waals surface area (Å²) in [6.45, 7) is 4.56. The largest absolute Gasteiger partial charge is 0.484 e. The zero-order valence-corrected chi connectivity index (χ0v) is 12.2. The molecule has 0 aliphatic carbocycles. The summed E-state index contributed by atoms with van der Waals surface area (Å²) in [6.07, 6.45) is 0. The number of carbonyl (C=O) groups excluding carboxylic acids is 1. The molecule has 1 amide bonds. The molecule has 0 unspecified atom stereocenters. The predicted octanol–water partition coefficient (Wildman–Crippen LogP) is 3.57. The molecule has 0 saturated carbocycles. The number of ether oxygens (including phenoxy) is 1. The highest BCUT2D eigenvalue weighted by Crippen LogP contribution is 2.28. The zero-order valence-electron chi connectivity index (χ0n) is 11.4. The van der Waals surface area contributed by atoms with Crippen LogP contribution in [0.1, 0.15) is 28.8 Å². The van der Waals surface area contributed by atoms with Gasteiger partial charge in [0, 0.05) is 6.54 Å². The summed E-state index contributed by atoms with van der Waals surface area (Å²) >= 11 is 6.07. The number of nitrogens with one attached hydrogen (secondary N) is 1. The SMILES string of the molecule is CCNC(=O)c1ccc(COc2c(C)cccc2Cl)o1. The molecule has 20 heavy (non-hydrogen) atoms. The minimum absolute atomic E-state index is 0.226. The van der Waals surface area contributed by atoms with Crippen LogP contribution in [0.3, 0.4) is 0 Å². The molecule has 2 aromatic rings. The maximum absolute atomic E-state index is 11.6. The van der Waals surface area contributed by atoms with Crippen molar-refractivity contribution in [3.8, 4) is 5.75 Å².